The molecule has 148 valence electrons. The van der Waals surface area contributed by atoms with Crippen molar-refractivity contribution < 1.29 is 9.59 Å². The molecule has 29 heavy (non-hydrogen) atoms. The van der Waals surface area contributed by atoms with Crippen LogP contribution in [0.15, 0.2) is 47.8 Å². The van der Waals surface area contributed by atoms with Gasteiger partial charge < -0.3 is 10.2 Å². The first-order valence-electron chi connectivity index (χ1n) is 9.72. The molecule has 0 atom stereocenters. The van der Waals surface area contributed by atoms with Crippen molar-refractivity contribution in [2.45, 2.75) is 33.1 Å². The van der Waals surface area contributed by atoms with Crippen LogP contribution < -0.4 is 10.2 Å². The fourth-order valence-corrected chi connectivity index (χ4v) is 4.37. The van der Waals surface area contributed by atoms with Gasteiger partial charge in [0.05, 0.1) is 12.1 Å². The molecule has 1 aromatic heterocycles. The van der Waals surface area contributed by atoms with E-state index in [1.807, 2.05) is 60.5 Å². The van der Waals surface area contributed by atoms with Crippen LogP contribution in [0.5, 0.6) is 0 Å². The van der Waals surface area contributed by atoms with Crippen LogP contribution in [0.25, 0.3) is 11.3 Å². The number of carbonyl (C=O) groups excluding carboxylic acids is 2. The number of amides is 2. The van der Waals surface area contributed by atoms with Gasteiger partial charge in [-0.05, 0) is 44.0 Å². The Balaban J connectivity index is 1.46. The van der Waals surface area contributed by atoms with Crippen LogP contribution in [0.1, 0.15) is 29.0 Å². The second kappa shape index (κ2) is 8.17. The predicted octanol–water partition coefficient (Wildman–Crippen LogP) is 4.73. The van der Waals surface area contributed by atoms with Crippen LogP contribution in [-0.2, 0) is 16.0 Å². The summed E-state index contributed by atoms with van der Waals surface area (Å²) in [7, 11) is 0. The molecule has 1 aliphatic heterocycles. The van der Waals surface area contributed by atoms with Crippen molar-refractivity contribution in [2.24, 2.45) is 0 Å². The van der Waals surface area contributed by atoms with Gasteiger partial charge in [-0.15, -0.1) is 11.3 Å². The number of rotatable bonds is 5. The highest BCUT2D eigenvalue weighted by atomic mass is 32.1. The standard InChI is InChI=1S/C23H23N3O2S/c1-15-8-9-19(16(2)11-15)24-21(27)13-22-25-20(14-29-22)17-5-3-6-18(12-17)26-10-4-7-23(26)28/h3,5-6,8-9,11-12,14H,4,7,10,13H2,1-2H3,(H,24,27). The Morgan fingerprint density at radius 3 is 2.83 bits per heavy atom. The summed E-state index contributed by atoms with van der Waals surface area (Å²) < 4.78 is 0. The van der Waals surface area contributed by atoms with Crippen LogP contribution in [-0.4, -0.2) is 23.3 Å². The average Bonchev–Trinajstić information content (AvgIpc) is 3.33. The highest BCUT2D eigenvalue weighted by molar-refractivity contribution is 7.10. The Morgan fingerprint density at radius 1 is 1.21 bits per heavy atom. The fourth-order valence-electron chi connectivity index (χ4n) is 3.56. The van der Waals surface area contributed by atoms with Gasteiger partial charge in [0.2, 0.25) is 11.8 Å². The Bertz CT molecular complexity index is 1070. The molecular formula is C23H23N3O2S. The van der Waals surface area contributed by atoms with E-state index < -0.39 is 0 Å². The number of hydrogen-bond acceptors (Lipinski definition) is 4. The van der Waals surface area contributed by atoms with E-state index in [4.69, 9.17) is 0 Å². The molecule has 0 spiro atoms. The van der Waals surface area contributed by atoms with Crippen LogP contribution in [0, 0.1) is 13.8 Å². The molecule has 5 nitrogen and oxygen atoms in total. The van der Waals surface area contributed by atoms with Gasteiger partial charge in [-0.2, -0.15) is 0 Å². The minimum absolute atomic E-state index is 0.0748. The summed E-state index contributed by atoms with van der Waals surface area (Å²) in [6.45, 7) is 4.79. The largest absolute Gasteiger partial charge is 0.325 e. The summed E-state index contributed by atoms with van der Waals surface area (Å²) >= 11 is 1.48. The smallest absolute Gasteiger partial charge is 0.231 e. The third kappa shape index (κ3) is 4.38. The molecule has 2 aromatic carbocycles. The molecule has 1 aliphatic rings. The van der Waals surface area contributed by atoms with Crippen molar-refractivity contribution in [1.82, 2.24) is 4.98 Å². The first-order chi connectivity index (χ1) is 14.0. The fraction of sp³-hybridized carbons (Fsp3) is 0.261. The molecule has 1 N–H and O–H groups in total. The summed E-state index contributed by atoms with van der Waals surface area (Å²) in [6.07, 6.45) is 1.75. The van der Waals surface area contributed by atoms with Crippen molar-refractivity contribution in [1.29, 1.82) is 0 Å². The average molecular weight is 406 g/mol. The maximum atomic E-state index is 12.4. The second-order valence-electron chi connectivity index (χ2n) is 7.37. The summed E-state index contributed by atoms with van der Waals surface area (Å²) in [5, 5.41) is 5.70. The zero-order valence-electron chi connectivity index (χ0n) is 16.6. The molecule has 0 bridgehead atoms. The Morgan fingerprint density at radius 2 is 2.07 bits per heavy atom. The van der Waals surface area contributed by atoms with Crippen LogP contribution in [0.2, 0.25) is 0 Å². The molecule has 0 unspecified atom stereocenters. The molecule has 1 saturated heterocycles. The molecule has 6 heteroatoms. The van der Waals surface area contributed by atoms with Gasteiger partial charge >= 0.3 is 0 Å². The molecule has 0 saturated carbocycles. The van der Waals surface area contributed by atoms with Gasteiger partial charge in [0, 0.05) is 35.3 Å². The molecule has 1 fully saturated rings. The quantitative estimate of drug-likeness (QED) is 0.667. The lowest BCUT2D eigenvalue weighted by atomic mass is 10.1. The van der Waals surface area contributed by atoms with Gasteiger partial charge in [-0.25, -0.2) is 4.98 Å². The number of nitrogens with zero attached hydrogens (tertiary/aromatic N) is 2. The van der Waals surface area contributed by atoms with Crippen molar-refractivity contribution in [2.75, 3.05) is 16.8 Å². The zero-order valence-corrected chi connectivity index (χ0v) is 17.4. The van der Waals surface area contributed by atoms with E-state index >= 15 is 0 Å². The van der Waals surface area contributed by atoms with E-state index in [0.29, 0.717) is 6.42 Å². The minimum atomic E-state index is -0.0748. The van der Waals surface area contributed by atoms with Gasteiger partial charge in [-0.1, -0.05) is 29.8 Å². The molecule has 3 aromatic rings. The number of anilines is 2. The number of thiazole rings is 1. The molecule has 0 radical (unpaired) electrons. The van der Waals surface area contributed by atoms with Crippen molar-refractivity contribution >= 4 is 34.5 Å². The summed E-state index contributed by atoms with van der Waals surface area (Å²) in [5.41, 5.74) is 5.75. The predicted molar refractivity (Wildman–Crippen MR) is 117 cm³/mol. The van der Waals surface area contributed by atoms with Crippen LogP contribution in [0.4, 0.5) is 11.4 Å². The highest BCUT2D eigenvalue weighted by Gasteiger charge is 2.22. The molecule has 2 amide bonds. The Hall–Kier alpha value is -2.99. The topological polar surface area (TPSA) is 62.3 Å². The third-order valence-corrected chi connectivity index (χ3v) is 5.90. The maximum Gasteiger partial charge on any atom is 0.231 e. The Labute approximate surface area is 174 Å². The normalized spacial score (nSPS) is 13.7. The third-order valence-electron chi connectivity index (χ3n) is 5.05. The van der Waals surface area contributed by atoms with Crippen LogP contribution >= 0.6 is 11.3 Å². The summed E-state index contributed by atoms with van der Waals surface area (Å²) in [5.74, 6) is 0.0958. The Kier molecular flexibility index (Phi) is 5.45. The first-order valence-corrected chi connectivity index (χ1v) is 10.6. The number of hydrogen-bond donors (Lipinski definition) is 1. The van der Waals surface area contributed by atoms with Crippen molar-refractivity contribution in [3.63, 3.8) is 0 Å². The van der Waals surface area contributed by atoms with Gasteiger partial charge in [0.25, 0.3) is 0 Å². The van der Waals surface area contributed by atoms with Crippen molar-refractivity contribution in [3.05, 3.63) is 64.0 Å². The van der Waals surface area contributed by atoms with Crippen molar-refractivity contribution in [3.8, 4) is 11.3 Å². The summed E-state index contributed by atoms with van der Waals surface area (Å²) in [4.78, 5) is 30.9. The zero-order chi connectivity index (χ0) is 20.4. The number of benzene rings is 2. The molecule has 4 rings (SSSR count). The number of nitrogens with one attached hydrogen (secondary N) is 1. The van der Waals surface area contributed by atoms with E-state index in [1.54, 1.807) is 0 Å². The van der Waals surface area contributed by atoms with E-state index in [0.717, 1.165) is 46.2 Å². The highest BCUT2D eigenvalue weighted by Crippen LogP contribution is 2.28. The maximum absolute atomic E-state index is 12.4. The van der Waals surface area contributed by atoms with E-state index in [9.17, 15) is 9.59 Å². The molecular weight excluding hydrogens is 382 g/mol. The van der Waals surface area contributed by atoms with Gasteiger partial charge in [-0.3, -0.25) is 9.59 Å². The number of aryl methyl sites for hydroxylation is 2. The minimum Gasteiger partial charge on any atom is -0.325 e. The van der Waals surface area contributed by atoms with Gasteiger partial charge in [0.1, 0.15) is 5.01 Å². The number of aromatic nitrogens is 1. The molecule has 0 aliphatic carbocycles. The van der Waals surface area contributed by atoms with E-state index in [-0.39, 0.29) is 18.2 Å². The van der Waals surface area contributed by atoms with E-state index in [2.05, 4.69) is 16.4 Å². The SMILES string of the molecule is Cc1ccc(NC(=O)Cc2nc(-c3cccc(N4CCCC4=O)c3)cs2)c(C)c1. The van der Waals surface area contributed by atoms with Crippen LogP contribution in [0.3, 0.4) is 0 Å². The van der Waals surface area contributed by atoms with E-state index in [1.165, 1.54) is 16.9 Å². The monoisotopic (exact) mass is 405 g/mol. The first kappa shape index (κ1) is 19.3. The lowest BCUT2D eigenvalue weighted by molar-refractivity contribution is -0.117. The molecule has 2 heterocycles. The summed E-state index contributed by atoms with van der Waals surface area (Å²) in [6, 6.07) is 13.9. The number of carbonyl (C=O) groups is 2. The lowest BCUT2D eigenvalue weighted by Gasteiger charge is -2.16. The van der Waals surface area contributed by atoms with Gasteiger partial charge in [0.15, 0.2) is 0 Å². The lowest BCUT2D eigenvalue weighted by Crippen LogP contribution is -2.23. The second-order valence-corrected chi connectivity index (χ2v) is 8.31.